The molecule has 0 spiro atoms. The van der Waals surface area contributed by atoms with Crippen LogP contribution in [0.2, 0.25) is 0 Å². The van der Waals surface area contributed by atoms with E-state index in [1.807, 2.05) is 23.1 Å². The van der Waals surface area contributed by atoms with Gasteiger partial charge in [0.05, 0.1) is 10.9 Å². The highest BCUT2D eigenvalue weighted by molar-refractivity contribution is 7.89. The molecule has 1 unspecified atom stereocenters. The summed E-state index contributed by atoms with van der Waals surface area (Å²) in [6.45, 7) is 1.76. The summed E-state index contributed by atoms with van der Waals surface area (Å²) in [5.74, 6) is 1.37. The number of hydrogen-bond acceptors (Lipinski definition) is 5. The third-order valence-electron chi connectivity index (χ3n) is 5.11. The predicted molar refractivity (Wildman–Crippen MR) is 108 cm³/mol. The van der Waals surface area contributed by atoms with E-state index < -0.39 is 10.0 Å². The number of amides is 1. The molecule has 2 N–H and O–H groups in total. The molecule has 4 rings (SSSR count). The van der Waals surface area contributed by atoms with Gasteiger partial charge in [-0.3, -0.25) is 4.79 Å². The number of fused-ring (bicyclic) bond motifs is 1. The molecule has 0 saturated carbocycles. The van der Waals surface area contributed by atoms with E-state index in [0.29, 0.717) is 19.8 Å². The van der Waals surface area contributed by atoms with Crippen molar-refractivity contribution in [3.05, 3.63) is 59.7 Å². The zero-order valence-corrected chi connectivity index (χ0v) is 16.6. The second-order valence-corrected chi connectivity index (χ2v) is 8.60. The molecular weight excluding hydrogens is 392 g/mol. The summed E-state index contributed by atoms with van der Waals surface area (Å²) in [6.07, 6.45) is 5.01. The highest BCUT2D eigenvalue weighted by Gasteiger charge is 2.29. The molecule has 8 heteroatoms. The number of rotatable bonds is 4. The summed E-state index contributed by atoms with van der Waals surface area (Å²) in [5, 5.41) is 5.10. The smallest absolute Gasteiger partial charge is 0.247 e. The van der Waals surface area contributed by atoms with Gasteiger partial charge in [0.25, 0.3) is 0 Å². The van der Waals surface area contributed by atoms with Crippen molar-refractivity contribution in [2.45, 2.75) is 23.8 Å². The Bertz CT molecular complexity index is 1050. The van der Waals surface area contributed by atoms with Crippen LogP contribution < -0.4 is 14.6 Å². The van der Waals surface area contributed by atoms with Gasteiger partial charge < -0.3 is 14.4 Å². The van der Waals surface area contributed by atoms with Crippen LogP contribution in [0, 0.1) is 0 Å². The average molecular weight is 414 g/mol. The van der Waals surface area contributed by atoms with E-state index >= 15 is 0 Å². The Kier molecular flexibility index (Phi) is 5.29. The fourth-order valence-corrected chi connectivity index (χ4v) is 4.19. The van der Waals surface area contributed by atoms with Crippen molar-refractivity contribution in [2.24, 2.45) is 5.14 Å². The van der Waals surface area contributed by atoms with Crippen LogP contribution >= 0.6 is 0 Å². The van der Waals surface area contributed by atoms with Crippen LogP contribution in [0.4, 0.5) is 0 Å². The van der Waals surface area contributed by atoms with Crippen LogP contribution in [0.3, 0.4) is 0 Å². The third-order valence-corrected chi connectivity index (χ3v) is 6.04. The zero-order valence-electron chi connectivity index (χ0n) is 15.8. The van der Waals surface area contributed by atoms with E-state index in [2.05, 4.69) is 0 Å². The Morgan fingerprint density at radius 3 is 2.52 bits per heavy atom. The minimum absolute atomic E-state index is 0.00673. The summed E-state index contributed by atoms with van der Waals surface area (Å²) in [4.78, 5) is 14.7. The molecular formula is C21H22N2O5S. The summed E-state index contributed by atoms with van der Waals surface area (Å²) in [7, 11) is -3.73. The van der Waals surface area contributed by atoms with Crippen molar-refractivity contribution in [1.29, 1.82) is 0 Å². The molecule has 1 atom stereocenters. The van der Waals surface area contributed by atoms with Gasteiger partial charge >= 0.3 is 0 Å². The van der Waals surface area contributed by atoms with Crippen LogP contribution in [-0.2, 0) is 14.8 Å². The van der Waals surface area contributed by atoms with Crippen molar-refractivity contribution in [1.82, 2.24) is 4.90 Å². The summed E-state index contributed by atoms with van der Waals surface area (Å²) in [5.41, 5.74) is 1.76. The zero-order chi connectivity index (χ0) is 20.4. The molecule has 1 saturated heterocycles. The standard InChI is InChI=1S/C21H22N2O5S/c22-29(25,26)17-7-3-15(4-8-17)5-10-21(24)23-11-1-2-18(23)16-6-9-19-20(14-16)28-13-12-27-19/h3-10,14,18H,1-2,11-13H2,(H2,22,25,26). The monoisotopic (exact) mass is 414 g/mol. The second kappa shape index (κ2) is 7.88. The molecule has 2 aromatic rings. The Morgan fingerprint density at radius 1 is 1.07 bits per heavy atom. The lowest BCUT2D eigenvalue weighted by Gasteiger charge is -2.26. The third kappa shape index (κ3) is 4.28. The van der Waals surface area contributed by atoms with Gasteiger partial charge in [-0.2, -0.15) is 0 Å². The Labute approximate surface area is 169 Å². The number of ether oxygens (including phenoxy) is 2. The molecule has 152 valence electrons. The molecule has 0 radical (unpaired) electrons. The number of nitrogens with zero attached hydrogens (tertiary/aromatic N) is 1. The predicted octanol–water partition coefficient (Wildman–Crippen LogP) is 2.48. The van der Waals surface area contributed by atoms with Crippen LogP contribution in [0.1, 0.15) is 30.0 Å². The van der Waals surface area contributed by atoms with Crippen molar-refractivity contribution >= 4 is 22.0 Å². The van der Waals surface area contributed by atoms with E-state index in [-0.39, 0.29) is 16.8 Å². The number of likely N-dealkylation sites (tertiary alicyclic amines) is 1. The fraction of sp³-hybridized carbons (Fsp3) is 0.286. The molecule has 2 aliphatic rings. The number of primary sulfonamides is 1. The summed E-state index contributed by atoms with van der Waals surface area (Å²) < 4.78 is 33.9. The molecule has 7 nitrogen and oxygen atoms in total. The highest BCUT2D eigenvalue weighted by atomic mass is 32.2. The minimum Gasteiger partial charge on any atom is -0.486 e. The van der Waals surface area contributed by atoms with Crippen LogP contribution in [0.15, 0.2) is 53.4 Å². The van der Waals surface area contributed by atoms with Gasteiger partial charge in [0.2, 0.25) is 15.9 Å². The first kappa shape index (κ1) is 19.5. The van der Waals surface area contributed by atoms with E-state index in [1.165, 1.54) is 18.2 Å². The lowest BCUT2D eigenvalue weighted by atomic mass is 10.0. The summed E-state index contributed by atoms with van der Waals surface area (Å²) in [6, 6.07) is 11.9. The number of carbonyl (C=O) groups excluding carboxylic acids is 1. The normalized spacial score (nSPS) is 18.9. The Balaban J connectivity index is 1.48. The average Bonchev–Trinajstić information content (AvgIpc) is 3.21. The lowest BCUT2D eigenvalue weighted by molar-refractivity contribution is -0.126. The minimum atomic E-state index is -3.73. The largest absolute Gasteiger partial charge is 0.486 e. The molecule has 0 aromatic heterocycles. The van der Waals surface area contributed by atoms with Gasteiger partial charge in [0, 0.05) is 12.6 Å². The first-order chi connectivity index (χ1) is 13.9. The number of hydrogen-bond donors (Lipinski definition) is 1. The van der Waals surface area contributed by atoms with Crippen LogP contribution in [-0.4, -0.2) is 39.0 Å². The van der Waals surface area contributed by atoms with Gasteiger partial charge in [-0.25, -0.2) is 13.6 Å². The van der Waals surface area contributed by atoms with E-state index in [0.717, 1.165) is 35.5 Å². The fourth-order valence-electron chi connectivity index (χ4n) is 3.68. The maximum absolute atomic E-state index is 12.8. The van der Waals surface area contributed by atoms with Crippen molar-refractivity contribution in [3.8, 4) is 11.5 Å². The maximum atomic E-state index is 12.8. The van der Waals surface area contributed by atoms with E-state index in [9.17, 15) is 13.2 Å². The van der Waals surface area contributed by atoms with Crippen molar-refractivity contribution in [3.63, 3.8) is 0 Å². The van der Waals surface area contributed by atoms with E-state index in [1.54, 1.807) is 18.2 Å². The lowest BCUT2D eigenvalue weighted by Crippen LogP contribution is -2.29. The topological polar surface area (TPSA) is 98.9 Å². The molecule has 1 fully saturated rings. The molecule has 0 aliphatic carbocycles. The van der Waals surface area contributed by atoms with Crippen molar-refractivity contribution in [2.75, 3.05) is 19.8 Å². The molecule has 2 aliphatic heterocycles. The maximum Gasteiger partial charge on any atom is 0.247 e. The highest BCUT2D eigenvalue weighted by Crippen LogP contribution is 2.38. The number of benzene rings is 2. The first-order valence-electron chi connectivity index (χ1n) is 9.43. The van der Waals surface area contributed by atoms with Gasteiger partial charge in [-0.15, -0.1) is 0 Å². The molecule has 0 bridgehead atoms. The van der Waals surface area contributed by atoms with Gasteiger partial charge in [-0.1, -0.05) is 18.2 Å². The van der Waals surface area contributed by atoms with Crippen LogP contribution in [0.5, 0.6) is 11.5 Å². The first-order valence-corrected chi connectivity index (χ1v) is 11.0. The van der Waals surface area contributed by atoms with Gasteiger partial charge in [-0.05, 0) is 54.3 Å². The van der Waals surface area contributed by atoms with Crippen molar-refractivity contribution < 1.29 is 22.7 Å². The molecule has 1 amide bonds. The molecule has 2 aromatic carbocycles. The number of carbonyl (C=O) groups is 1. The van der Waals surface area contributed by atoms with E-state index in [4.69, 9.17) is 14.6 Å². The second-order valence-electron chi connectivity index (χ2n) is 7.04. The quantitative estimate of drug-likeness (QED) is 0.775. The molecule has 29 heavy (non-hydrogen) atoms. The Hall–Kier alpha value is -2.84. The van der Waals surface area contributed by atoms with Crippen LogP contribution in [0.25, 0.3) is 6.08 Å². The summed E-state index contributed by atoms with van der Waals surface area (Å²) >= 11 is 0. The Morgan fingerprint density at radius 2 is 1.79 bits per heavy atom. The number of nitrogens with two attached hydrogens (primary N) is 1. The van der Waals surface area contributed by atoms with Gasteiger partial charge in [0.1, 0.15) is 13.2 Å². The SMILES string of the molecule is NS(=O)(=O)c1ccc(C=CC(=O)N2CCCC2c2ccc3c(c2)OCCO3)cc1. The number of sulfonamides is 1. The van der Waals surface area contributed by atoms with Gasteiger partial charge in [0.15, 0.2) is 11.5 Å². The molecule has 2 heterocycles.